The Kier molecular flexibility index (Phi) is 6.98. The van der Waals surface area contributed by atoms with Gasteiger partial charge in [0, 0.05) is 6.07 Å². The van der Waals surface area contributed by atoms with Crippen LogP contribution in [0, 0.1) is 20.2 Å². The van der Waals surface area contributed by atoms with Crippen molar-refractivity contribution >= 4 is 17.3 Å². The fourth-order valence-corrected chi connectivity index (χ4v) is 1.83. The second-order valence-electron chi connectivity index (χ2n) is 4.97. The Morgan fingerprint density at radius 3 is 2.04 bits per heavy atom. The Labute approximate surface area is 146 Å². The average molecular weight is 365 g/mol. The number of aromatic hydroxyl groups is 2. The molecule has 1 atom stereocenters. The molecule has 0 amide bonds. The van der Waals surface area contributed by atoms with Gasteiger partial charge in [-0.1, -0.05) is 18.2 Å². The van der Waals surface area contributed by atoms with Crippen molar-refractivity contribution in [1.82, 2.24) is 0 Å². The number of carbonyl (C=O) groups is 1. The third kappa shape index (κ3) is 5.72. The predicted molar refractivity (Wildman–Crippen MR) is 88.8 cm³/mol. The molecule has 0 heterocycles. The molecule has 0 fully saturated rings. The van der Waals surface area contributed by atoms with Crippen molar-refractivity contribution in [1.29, 1.82) is 0 Å². The maximum Gasteiger partial charge on any atom is 0.387 e. The molecule has 0 aliphatic carbocycles. The van der Waals surface area contributed by atoms with Crippen molar-refractivity contribution in [2.75, 3.05) is 0 Å². The number of phenolic OH excluding ortho intramolecular Hbond substituents is 2. The van der Waals surface area contributed by atoms with Crippen LogP contribution in [0.3, 0.4) is 0 Å². The van der Waals surface area contributed by atoms with E-state index in [2.05, 4.69) is 0 Å². The van der Waals surface area contributed by atoms with E-state index in [1.54, 1.807) is 12.1 Å². The van der Waals surface area contributed by atoms with Gasteiger partial charge >= 0.3 is 17.3 Å². The van der Waals surface area contributed by atoms with Gasteiger partial charge in [-0.2, -0.15) is 0 Å². The number of benzene rings is 2. The number of nitrogens with two attached hydrogens (primary N) is 1. The van der Waals surface area contributed by atoms with Crippen LogP contribution in [0.2, 0.25) is 0 Å². The molecule has 11 heteroatoms. The van der Waals surface area contributed by atoms with Gasteiger partial charge in [0.2, 0.25) is 5.75 Å². The number of nitro benzene ring substituents is 2. The highest BCUT2D eigenvalue weighted by atomic mass is 16.6. The first-order chi connectivity index (χ1) is 12.1. The van der Waals surface area contributed by atoms with E-state index in [1.807, 2.05) is 0 Å². The summed E-state index contributed by atoms with van der Waals surface area (Å²) in [6.45, 7) is 0. The third-order valence-electron chi connectivity index (χ3n) is 3.08. The SMILES string of the molecule is N[C@@H](Cc1ccc(O)cc1)C(=O)O.O=[N+]([O-])c1cccc(O)c1[N+](=O)[O-]. The quantitative estimate of drug-likeness (QED) is 0.449. The molecular formula is C15H15N3O8. The van der Waals surface area contributed by atoms with Gasteiger partial charge in [-0.3, -0.25) is 25.0 Å². The van der Waals surface area contributed by atoms with Crippen LogP contribution in [0.25, 0.3) is 0 Å². The molecule has 0 aliphatic heterocycles. The smallest absolute Gasteiger partial charge is 0.387 e. The van der Waals surface area contributed by atoms with Crippen LogP contribution in [0.15, 0.2) is 42.5 Å². The van der Waals surface area contributed by atoms with Crippen LogP contribution in [-0.2, 0) is 11.2 Å². The molecule has 2 rings (SSSR count). The predicted octanol–water partition coefficient (Wildman–Crippen LogP) is 1.56. The Hall–Kier alpha value is -3.73. The number of hydrogen-bond donors (Lipinski definition) is 4. The van der Waals surface area contributed by atoms with Gasteiger partial charge in [-0.15, -0.1) is 0 Å². The number of aliphatic carboxylic acids is 1. The zero-order chi connectivity index (χ0) is 19.9. The molecule has 2 aromatic rings. The molecule has 0 aromatic heterocycles. The molecular weight excluding hydrogens is 350 g/mol. The lowest BCUT2D eigenvalue weighted by Crippen LogP contribution is -2.32. The molecule has 5 N–H and O–H groups in total. The van der Waals surface area contributed by atoms with Crippen molar-refractivity contribution in [3.63, 3.8) is 0 Å². The number of carboxylic acid groups (broad SMARTS) is 1. The Morgan fingerprint density at radius 1 is 1.04 bits per heavy atom. The highest BCUT2D eigenvalue weighted by Gasteiger charge is 2.27. The van der Waals surface area contributed by atoms with Crippen LogP contribution >= 0.6 is 0 Å². The van der Waals surface area contributed by atoms with Gasteiger partial charge in [0.25, 0.3) is 0 Å². The van der Waals surface area contributed by atoms with Crippen LogP contribution in [0.4, 0.5) is 11.4 Å². The minimum Gasteiger partial charge on any atom is -0.508 e. The molecule has 0 unspecified atom stereocenters. The van der Waals surface area contributed by atoms with Crippen molar-refractivity contribution in [2.45, 2.75) is 12.5 Å². The number of hydrogen-bond acceptors (Lipinski definition) is 8. The molecule has 138 valence electrons. The van der Waals surface area contributed by atoms with Crippen molar-refractivity contribution in [2.24, 2.45) is 5.73 Å². The van der Waals surface area contributed by atoms with Gasteiger partial charge < -0.3 is 21.1 Å². The number of phenols is 2. The summed E-state index contributed by atoms with van der Waals surface area (Å²) in [6.07, 6.45) is 0.273. The summed E-state index contributed by atoms with van der Waals surface area (Å²) < 4.78 is 0. The Bertz CT molecular complexity index is 807. The summed E-state index contributed by atoms with van der Waals surface area (Å²) in [5.41, 5.74) is 4.52. The molecule has 26 heavy (non-hydrogen) atoms. The van der Waals surface area contributed by atoms with E-state index in [0.717, 1.165) is 17.7 Å². The largest absolute Gasteiger partial charge is 0.508 e. The monoisotopic (exact) mass is 365 g/mol. The summed E-state index contributed by atoms with van der Waals surface area (Å²) in [6, 6.07) is 8.57. The number of para-hydroxylation sites is 1. The lowest BCUT2D eigenvalue weighted by atomic mass is 10.1. The molecule has 0 bridgehead atoms. The van der Waals surface area contributed by atoms with E-state index in [1.165, 1.54) is 18.2 Å². The van der Waals surface area contributed by atoms with Crippen LogP contribution < -0.4 is 5.73 Å². The topological polar surface area (TPSA) is 190 Å². The van der Waals surface area contributed by atoms with Gasteiger partial charge in [0.1, 0.15) is 11.8 Å². The van der Waals surface area contributed by atoms with Crippen molar-refractivity contribution in [3.8, 4) is 11.5 Å². The van der Waals surface area contributed by atoms with Gasteiger partial charge in [-0.25, -0.2) is 0 Å². The van der Waals surface area contributed by atoms with E-state index in [9.17, 15) is 25.0 Å². The normalized spacial score (nSPS) is 11.0. The summed E-state index contributed by atoms with van der Waals surface area (Å²) in [5.74, 6) is -1.57. The van der Waals surface area contributed by atoms with E-state index in [-0.39, 0.29) is 12.2 Å². The fraction of sp³-hybridized carbons (Fsp3) is 0.133. The maximum absolute atomic E-state index is 10.4. The Morgan fingerprint density at radius 2 is 1.62 bits per heavy atom. The first-order valence-electron chi connectivity index (χ1n) is 7.00. The molecule has 0 spiro atoms. The van der Waals surface area contributed by atoms with Crippen molar-refractivity contribution < 1.29 is 30.0 Å². The molecule has 0 radical (unpaired) electrons. The van der Waals surface area contributed by atoms with Crippen LogP contribution in [-0.4, -0.2) is 37.2 Å². The van der Waals surface area contributed by atoms with Gasteiger partial charge in [0.15, 0.2) is 0 Å². The van der Waals surface area contributed by atoms with E-state index < -0.39 is 39.0 Å². The molecule has 0 saturated heterocycles. The van der Waals surface area contributed by atoms with E-state index in [0.29, 0.717) is 0 Å². The average Bonchev–Trinajstić information content (AvgIpc) is 2.56. The zero-order valence-corrected chi connectivity index (χ0v) is 13.2. The summed E-state index contributed by atoms with van der Waals surface area (Å²) in [5, 5.41) is 47.0. The summed E-state index contributed by atoms with van der Waals surface area (Å²) in [4.78, 5) is 29.0. The summed E-state index contributed by atoms with van der Waals surface area (Å²) >= 11 is 0. The van der Waals surface area contributed by atoms with E-state index >= 15 is 0 Å². The van der Waals surface area contributed by atoms with Gasteiger partial charge in [-0.05, 0) is 30.2 Å². The Balaban J connectivity index is 0.000000260. The first kappa shape index (κ1) is 20.3. The first-order valence-corrected chi connectivity index (χ1v) is 7.00. The highest BCUT2D eigenvalue weighted by molar-refractivity contribution is 5.73. The standard InChI is InChI=1S/C9H11NO3.C6H4N2O5/c10-8(9(12)13)5-6-1-3-7(11)4-2-6;9-5-3-1-2-4(7(10)11)6(5)8(12)13/h1-4,8,11H,5,10H2,(H,12,13);1-3,9H/t8-;/m0./s1. The number of rotatable bonds is 5. The zero-order valence-electron chi connectivity index (χ0n) is 13.2. The summed E-state index contributed by atoms with van der Waals surface area (Å²) in [7, 11) is 0. The fourth-order valence-electron chi connectivity index (χ4n) is 1.83. The van der Waals surface area contributed by atoms with Crippen LogP contribution in [0.1, 0.15) is 5.56 Å². The third-order valence-corrected chi connectivity index (χ3v) is 3.08. The lowest BCUT2D eigenvalue weighted by molar-refractivity contribution is -0.423. The number of nitro groups is 2. The lowest BCUT2D eigenvalue weighted by Gasteiger charge is -2.05. The van der Waals surface area contributed by atoms with Gasteiger partial charge in [0.05, 0.1) is 9.85 Å². The second-order valence-corrected chi connectivity index (χ2v) is 4.97. The second kappa shape index (κ2) is 8.94. The maximum atomic E-state index is 10.4. The molecule has 0 aliphatic rings. The number of nitrogens with zero attached hydrogens (tertiary/aromatic N) is 2. The highest BCUT2D eigenvalue weighted by Crippen LogP contribution is 2.34. The van der Waals surface area contributed by atoms with Crippen molar-refractivity contribution in [3.05, 3.63) is 68.3 Å². The van der Waals surface area contributed by atoms with Crippen LogP contribution in [0.5, 0.6) is 11.5 Å². The minimum absolute atomic E-state index is 0.160. The molecule has 0 saturated carbocycles. The number of carboxylic acids is 1. The molecule has 2 aromatic carbocycles. The molecule has 11 nitrogen and oxygen atoms in total. The minimum atomic E-state index is -1.02. The van der Waals surface area contributed by atoms with E-state index in [4.69, 9.17) is 21.1 Å².